The summed E-state index contributed by atoms with van der Waals surface area (Å²) in [5, 5.41) is 5.30. The molecular weight excluding hydrogens is 420 g/mol. The Hall–Kier alpha value is -3.00. The van der Waals surface area contributed by atoms with E-state index in [-0.39, 0.29) is 11.9 Å². The molecule has 1 aliphatic heterocycles. The van der Waals surface area contributed by atoms with E-state index in [2.05, 4.69) is 34.5 Å². The van der Waals surface area contributed by atoms with Gasteiger partial charge in [-0.25, -0.2) is 4.98 Å². The van der Waals surface area contributed by atoms with Crippen molar-refractivity contribution >= 4 is 22.2 Å². The Kier molecular flexibility index (Phi) is 6.29. The Balaban J connectivity index is 1.31. The summed E-state index contributed by atoms with van der Waals surface area (Å²) in [6.07, 6.45) is 2.34. The second-order valence-corrected chi connectivity index (χ2v) is 8.83. The molecule has 2 aromatic heterocycles. The molecule has 1 atom stereocenters. The van der Waals surface area contributed by atoms with Crippen molar-refractivity contribution in [1.29, 1.82) is 0 Å². The fourth-order valence-electron chi connectivity index (χ4n) is 4.08. The number of thiazole rings is 1. The van der Waals surface area contributed by atoms with Crippen molar-refractivity contribution in [1.82, 2.24) is 19.6 Å². The number of imidazole rings is 1. The van der Waals surface area contributed by atoms with Crippen LogP contribution in [0.1, 0.15) is 17.3 Å². The molecule has 1 saturated heterocycles. The molecule has 1 N–H and O–H groups in total. The summed E-state index contributed by atoms with van der Waals surface area (Å²) in [6, 6.07) is 20.3. The second-order valence-electron chi connectivity index (χ2n) is 7.99. The number of ether oxygens (including phenoxy) is 1. The van der Waals surface area contributed by atoms with Gasteiger partial charge < -0.3 is 10.1 Å². The Bertz CT molecular complexity index is 1170. The van der Waals surface area contributed by atoms with Crippen LogP contribution in [-0.2, 0) is 16.0 Å². The first-order chi connectivity index (χ1) is 15.8. The lowest BCUT2D eigenvalue weighted by Gasteiger charge is -2.31. The van der Waals surface area contributed by atoms with Crippen molar-refractivity contribution in [2.45, 2.75) is 12.5 Å². The number of hydrogen-bond acceptors (Lipinski definition) is 5. The molecule has 1 aliphatic rings. The zero-order chi connectivity index (χ0) is 21.8. The van der Waals surface area contributed by atoms with Crippen LogP contribution in [0, 0.1) is 0 Å². The minimum absolute atomic E-state index is 0.0155. The van der Waals surface area contributed by atoms with E-state index in [1.165, 1.54) is 0 Å². The van der Waals surface area contributed by atoms with Crippen LogP contribution in [0.4, 0.5) is 0 Å². The molecule has 1 fully saturated rings. The maximum absolute atomic E-state index is 13.1. The summed E-state index contributed by atoms with van der Waals surface area (Å²) in [6.45, 7) is 4.05. The summed E-state index contributed by atoms with van der Waals surface area (Å²) in [5.41, 5.74) is 4.08. The van der Waals surface area contributed by atoms with Gasteiger partial charge in [0, 0.05) is 42.5 Å². The number of nitrogens with zero attached hydrogens (tertiary/aromatic N) is 3. The molecule has 1 unspecified atom stereocenters. The summed E-state index contributed by atoms with van der Waals surface area (Å²) in [5.74, 6) is 0.0155. The number of aromatic nitrogens is 2. The number of carbonyl (C=O) groups excluding carboxylic acids is 1. The molecule has 0 bridgehead atoms. The van der Waals surface area contributed by atoms with Crippen LogP contribution in [0.25, 0.3) is 16.2 Å². The average Bonchev–Trinajstić information content (AvgIpc) is 3.42. The normalized spacial score (nSPS) is 15.6. The van der Waals surface area contributed by atoms with Gasteiger partial charge in [0.15, 0.2) is 4.96 Å². The summed E-state index contributed by atoms with van der Waals surface area (Å²) in [4.78, 5) is 21.1. The van der Waals surface area contributed by atoms with Crippen LogP contribution in [0.3, 0.4) is 0 Å². The summed E-state index contributed by atoms with van der Waals surface area (Å²) in [7, 11) is 0. The van der Waals surface area contributed by atoms with Gasteiger partial charge in [0.1, 0.15) is 0 Å². The van der Waals surface area contributed by atoms with Crippen LogP contribution in [0.2, 0.25) is 0 Å². The van der Waals surface area contributed by atoms with Gasteiger partial charge in [-0.05, 0) is 5.56 Å². The number of benzene rings is 2. The number of amides is 1. The minimum atomic E-state index is -0.0569. The van der Waals surface area contributed by atoms with E-state index in [1.807, 2.05) is 52.4 Å². The molecule has 4 aromatic rings. The van der Waals surface area contributed by atoms with E-state index in [1.54, 1.807) is 11.3 Å². The minimum Gasteiger partial charge on any atom is -0.379 e. The number of nitrogens with one attached hydrogen (secondary N) is 1. The average molecular weight is 447 g/mol. The molecule has 0 spiro atoms. The Morgan fingerprint density at radius 3 is 2.53 bits per heavy atom. The lowest BCUT2D eigenvalue weighted by molar-refractivity contribution is -0.121. The fourth-order valence-corrected chi connectivity index (χ4v) is 4.95. The van der Waals surface area contributed by atoms with E-state index in [4.69, 9.17) is 9.72 Å². The van der Waals surface area contributed by atoms with Crippen LogP contribution >= 0.6 is 11.3 Å². The van der Waals surface area contributed by atoms with Crippen LogP contribution < -0.4 is 5.32 Å². The van der Waals surface area contributed by atoms with Gasteiger partial charge in [0.05, 0.1) is 31.4 Å². The van der Waals surface area contributed by atoms with Gasteiger partial charge in [0.25, 0.3) is 0 Å². The van der Waals surface area contributed by atoms with Crippen molar-refractivity contribution in [2.75, 3.05) is 32.8 Å². The van der Waals surface area contributed by atoms with E-state index in [9.17, 15) is 4.79 Å². The Morgan fingerprint density at radius 2 is 1.78 bits per heavy atom. The summed E-state index contributed by atoms with van der Waals surface area (Å²) >= 11 is 1.56. The summed E-state index contributed by atoms with van der Waals surface area (Å²) < 4.78 is 7.51. The number of fused-ring (bicyclic) bond motifs is 1. The first kappa shape index (κ1) is 20.9. The molecule has 5 rings (SSSR count). The number of morpholine rings is 1. The van der Waals surface area contributed by atoms with E-state index < -0.39 is 0 Å². The second kappa shape index (κ2) is 9.65. The number of hydrogen-bond donors (Lipinski definition) is 1. The Morgan fingerprint density at radius 1 is 1.06 bits per heavy atom. The predicted octanol–water partition coefficient (Wildman–Crippen LogP) is 3.80. The van der Waals surface area contributed by atoms with Gasteiger partial charge in [-0.15, -0.1) is 11.3 Å². The third-order valence-corrected chi connectivity index (χ3v) is 6.66. The maximum atomic E-state index is 13.1. The fraction of sp³-hybridized carbons (Fsp3) is 0.280. The molecule has 164 valence electrons. The number of carbonyl (C=O) groups is 1. The van der Waals surface area contributed by atoms with E-state index in [0.29, 0.717) is 6.42 Å². The molecule has 0 saturated carbocycles. The van der Waals surface area contributed by atoms with E-state index >= 15 is 0 Å². The lowest BCUT2D eigenvalue weighted by atomic mass is 10.1. The van der Waals surface area contributed by atoms with E-state index in [0.717, 1.165) is 60.3 Å². The van der Waals surface area contributed by atoms with Gasteiger partial charge in [-0.1, -0.05) is 60.7 Å². The van der Waals surface area contributed by atoms with Gasteiger partial charge in [-0.2, -0.15) is 0 Å². The van der Waals surface area contributed by atoms with Gasteiger partial charge >= 0.3 is 0 Å². The third kappa shape index (κ3) is 4.75. The highest BCUT2D eigenvalue weighted by atomic mass is 32.1. The zero-order valence-corrected chi connectivity index (χ0v) is 18.6. The highest BCUT2D eigenvalue weighted by Gasteiger charge is 2.21. The smallest absolute Gasteiger partial charge is 0.226 e. The van der Waals surface area contributed by atoms with Crippen molar-refractivity contribution in [3.8, 4) is 11.3 Å². The zero-order valence-electron chi connectivity index (χ0n) is 17.8. The van der Waals surface area contributed by atoms with Gasteiger partial charge in [-0.3, -0.25) is 14.1 Å². The molecule has 7 heteroatoms. The monoisotopic (exact) mass is 446 g/mol. The topological polar surface area (TPSA) is 58.9 Å². The van der Waals surface area contributed by atoms with Crippen molar-refractivity contribution in [3.63, 3.8) is 0 Å². The number of rotatable bonds is 7. The lowest BCUT2D eigenvalue weighted by Crippen LogP contribution is -2.43. The highest BCUT2D eigenvalue weighted by molar-refractivity contribution is 7.15. The quantitative estimate of drug-likeness (QED) is 0.469. The maximum Gasteiger partial charge on any atom is 0.226 e. The standard InChI is InChI=1S/C25H26N4O2S/c30-24(26-22(19-7-3-1-4-8-19)16-28-11-13-31-14-12-28)15-21-18-32-25-27-23(17-29(21)25)20-9-5-2-6-10-20/h1-10,17-18,22H,11-16H2,(H,26,30). The molecule has 1 amide bonds. The van der Waals surface area contributed by atoms with Crippen LogP contribution in [0.15, 0.2) is 72.2 Å². The molecular formula is C25H26N4O2S. The van der Waals surface area contributed by atoms with Crippen molar-refractivity contribution in [2.24, 2.45) is 0 Å². The molecule has 3 heterocycles. The molecule has 32 heavy (non-hydrogen) atoms. The largest absolute Gasteiger partial charge is 0.379 e. The van der Waals surface area contributed by atoms with Gasteiger partial charge in [0.2, 0.25) is 5.91 Å². The molecule has 6 nitrogen and oxygen atoms in total. The van der Waals surface area contributed by atoms with Crippen molar-refractivity contribution in [3.05, 3.63) is 83.5 Å². The molecule has 0 radical (unpaired) electrons. The van der Waals surface area contributed by atoms with Crippen LogP contribution in [-0.4, -0.2) is 53.0 Å². The third-order valence-electron chi connectivity index (χ3n) is 5.78. The first-order valence-electron chi connectivity index (χ1n) is 10.9. The predicted molar refractivity (Wildman–Crippen MR) is 127 cm³/mol. The first-order valence-corrected chi connectivity index (χ1v) is 11.8. The molecule has 2 aromatic carbocycles. The highest BCUT2D eigenvalue weighted by Crippen LogP contribution is 2.24. The van der Waals surface area contributed by atoms with Crippen molar-refractivity contribution < 1.29 is 9.53 Å². The Labute approximate surface area is 191 Å². The van der Waals surface area contributed by atoms with Crippen LogP contribution in [0.5, 0.6) is 0 Å². The molecule has 0 aliphatic carbocycles. The SMILES string of the molecule is O=C(Cc1csc2nc(-c3ccccc3)cn12)NC(CN1CCOCC1)c1ccccc1.